The number of hydrogen-bond acceptors (Lipinski definition) is 4. The van der Waals surface area contributed by atoms with Crippen LogP contribution in [0.15, 0.2) is 42.5 Å². The minimum Gasteiger partial charge on any atom is -0.398 e. The van der Waals surface area contributed by atoms with Crippen LogP contribution >= 0.6 is 0 Å². The Labute approximate surface area is 124 Å². The van der Waals surface area contributed by atoms with Gasteiger partial charge in [-0.2, -0.15) is 0 Å². The molecular formula is C17H18N4. The minimum atomic E-state index is 0.662. The maximum Gasteiger partial charge on any atom is 0.164 e. The van der Waals surface area contributed by atoms with Crippen molar-refractivity contribution in [3.8, 4) is 11.4 Å². The fraction of sp³-hybridized carbons (Fsp3) is 0.176. The number of nitrogens with two attached hydrogens (primary N) is 1. The quantitative estimate of drug-likeness (QED) is 0.731. The summed E-state index contributed by atoms with van der Waals surface area (Å²) in [6, 6.07) is 14.0. The van der Waals surface area contributed by atoms with Crippen LogP contribution in [-0.2, 0) is 0 Å². The topological polar surface area (TPSA) is 55.0 Å². The van der Waals surface area contributed by atoms with Crippen molar-refractivity contribution in [2.45, 2.75) is 6.92 Å². The van der Waals surface area contributed by atoms with Crippen LogP contribution in [0.5, 0.6) is 0 Å². The molecule has 4 nitrogen and oxygen atoms in total. The third kappa shape index (κ3) is 2.40. The summed E-state index contributed by atoms with van der Waals surface area (Å²) in [5, 5.41) is 1.04. The molecule has 0 aliphatic heterocycles. The summed E-state index contributed by atoms with van der Waals surface area (Å²) in [4.78, 5) is 11.4. The lowest BCUT2D eigenvalue weighted by Crippen LogP contribution is -2.12. The monoisotopic (exact) mass is 278 g/mol. The number of nitrogens with zero attached hydrogens (tertiary/aromatic N) is 3. The Morgan fingerprint density at radius 1 is 1.00 bits per heavy atom. The van der Waals surface area contributed by atoms with Gasteiger partial charge < -0.3 is 10.6 Å². The van der Waals surface area contributed by atoms with Crippen molar-refractivity contribution in [2.24, 2.45) is 0 Å². The highest BCUT2D eigenvalue weighted by Gasteiger charge is 2.12. The van der Waals surface area contributed by atoms with E-state index in [9.17, 15) is 0 Å². The molecule has 0 amide bonds. The highest BCUT2D eigenvalue weighted by Crippen LogP contribution is 2.29. The standard InChI is InChI=1S/C17H18N4/c1-11-8-9-12(14(18)10-11)16-19-15-7-5-4-6-13(15)17(20-16)21(2)3/h4-10H,18H2,1-3H3. The van der Waals surface area contributed by atoms with Gasteiger partial charge >= 0.3 is 0 Å². The van der Waals surface area contributed by atoms with Crippen LogP contribution in [0, 0.1) is 6.92 Å². The molecule has 1 heterocycles. The predicted molar refractivity (Wildman–Crippen MR) is 88.5 cm³/mol. The van der Waals surface area contributed by atoms with E-state index in [4.69, 9.17) is 10.7 Å². The van der Waals surface area contributed by atoms with Crippen molar-refractivity contribution in [3.05, 3.63) is 48.0 Å². The van der Waals surface area contributed by atoms with Crippen molar-refractivity contribution in [2.75, 3.05) is 24.7 Å². The van der Waals surface area contributed by atoms with Crippen molar-refractivity contribution < 1.29 is 0 Å². The van der Waals surface area contributed by atoms with Gasteiger partial charge in [0, 0.05) is 30.7 Å². The van der Waals surface area contributed by atoms with Crippen LogP contribution in [0.1, 0.15) is 5.56 Å². The molecule has 0 aliphatic rings. The van der Waals surface area contributed by atoms with Crippen LogP contribution in [0.25, 0.3) is 22.3 Å². The number of rotatable bonds is 2. The zero-order chi connectivity index (χ0) is 15.0. The van der Waals surface area contributed by atoms with E-state index in [2.05, 4.69) is 4.98 Å². The van der Waals surface area contributed by atoms with Gasteiger partial charge in [-0.25, -0.2) is 9.97 Å². The predicted octanol–water partition coefficient (Wildman–Crippen LogP) is 3.25. The van der Waals surface area contributed by atoms with Crippen LogP contribution in [0.3, 0.4) is 0 Å². The molecule has 0 atom stereocenters. The van der Waals surface area contributed by atoms with Crippen LogP contribution < -0.4 is 10.6 Å². The molecule has 106 valence electrons. The summed E-state index contributed by atoms with van der Waals surface area (Å²) < 4.78 is 0. The molecule has 3 aromatic rings. The first kappa shape index (κ1) is 13.4. The zero-order valence-electron chi connectivity index (χ0n) is 12.5. The SMILES string of the molecule is Cc1ccc(-c2nc(N(C)C)c3ccccc3n2)c(N)c1. The molecular weight excluding hydrogens is 260 g/mol. The fourth-order valence-electron chi connectivity index (χ4n) is 2.41. The summed E-state index contributed by atoms with van der Waals surface area (Å²) in [7, 11) is 3.97. The zero-order valence-corrected chi connectivity index (χ0v) is 12.5. The third-order valence-corrected chi connectivity index (χ3v) is 3.45. The highest BCUT2D eigenvalue weighted by atomic mass is 15.2. The van der Waals surface area contributed by atoms with E-state index in [-0.39, 0.29) is 0 Å². The molecule has 1 aromatic heterocycles. The molecule has 0 radical (unpaired) electrons. The van der Waals surface area contributed by atoms with Crippen molar-refractivity contribution >= 4 is 22.4 Å². The summed E-state index contributed by atoms with van der Waals surface area (Å²) in [6.07, 6.45) is 0. The Bertz CT molecular complexity index is 809. The van der Waals surface area contributed by atoms with E-state index in [1.54, 1.807) is 0 Å². The number of benzene rings is 2. The van der Waals surface area contributed by atoms with E-state index in [1.807, 2.05) is 68.4 Å². The summed E-state index contributed by atoms with van der Waals surface area (Å²) in [5.41, 5.74) is 9.76. The van der Waals surface area contributed by atoms with E-state index in [1.165, 1.54) is 0 Å². The second-order valence-corrected chi connectivity index (χ2v) is 5.37. The summed E-state index contributed by atoms with van der Waals surface area (Å²) >= 11 is 0. The smallest absolute Gasteiger partial charge is 0.164 e. The largest absolute Gasteiger partial charge is 0.398 e. The third-order valence-electron chi connectivity index (χ3n) is 3.45. The number of aryl methyl sites for hydroxylation is 1. The van der Waals surface area contributed by atoms with E-state index >= 15 is 0 Å². The van der Waals surface area contributed by atoms with Gasteiger partial charge in [-0.05, 0) is 36.8 Å². The minimum absolute atomic E-state index is 0.662. The molecule has 3 rings (SSSR count). The number of para-hydroxylation sites is 1. The first-order valence-corrected chi connectivity index (χ1v) is 6.87. The average Bonchev–Trinajstić information content (AvgIpc) is 2.46. The Hall–Kier alpha value is -2.62. The summed E-state index contributed by atoms with van der Waals surface area (Å²) in [6.45, 7) is 2.02. The van der Waals surface area contributed by atoms with Gasteiger partial charge in [0.25, 0.3) is 0 Å². The number of aromatic nitrogens is 2. The van der Waals surface area contributed by atoms with Gasteiger partial charge in [0.1, 0.15) is 5.82 Å². The van der Waals surface area contributed by atoms with E-state index in [0.29, 0.717) is 11.5 Å². The van der Waals surface area contributed by atoms with Gasteiger partial charge in [0.2, 0.25) is 0 Å². The molecule has 2 N–H and O–H groups in total. The van der Waals surface area contributed by atoms with E-state index in [0.717, 1.165) is 27.8 Å². The fourth-order valence-corrected chi connectivity index (χ4v) is 2.41. The first-order valence-electron chi connectivity index (χ1n) is 6.87. The molecule has 0 fully saturated rings. The molecule has 0 saturated carbocycles. The van der Waals surface area contributed by atoms with Crippen molar-refractivity contribution in [3.63, 3.8) is 0 Å². The Balaban J connectivity index is 2.28. The Morgan fingerprint density at radius 3 is 2.48 bits per heavy atom. The van der Waals surface area contributed by atoms with Gasteiger partial charge in [-0.1, -0.05) is 18.2 Å². The van der Waals surface area contributed by atoms with Crippen LogP contribution in [0.2, 0.25) is 0 Å². The Morgan fingerprint density at radius 2 is 1.76 bits per heavy atom. The lowest BCUT2D eigenvalue weighted by Gasteiger charge is -2.16. The first-order chi connectivity index (χ1) is 10.1. The number of nitrogen functional groups attached to an aromatic ring is 1. The second kappa shape index (κ2) is 5.05. The second-order valence-electron chi connectivity index (χ2n) is 5.37. The molecule has 2 aromatic carbocycles. The Kier molecular flexibility index (Phi) is 3.22. The molecule has 4 heteroatoms. The molecule has 0 aliphatic carbocycles. The molecule has 0 unspecified atom stereocenters. The van der Waals surface area contributed by atoms with Crippen molar-refractivity contribution in [1.29, 1.82) is 0 Å². The maximum absolute atomic E-state index is 6.13. The van der Waals surface area contributed by atoms with Crippen molar-refractivity contribution in [1.82, 2.24) is 9.97 Å². The number of fused-ring (bicyclic) bond motifs is 1. The van der Waals surface area contributed by atoms with Gasteiger partial charge in [0.15, 0.2) is 5.82 Å². The lowest BCUT2D eigenvalue weighted by molar-refractivity contribution is 1.07. The lowest BCUT2D eigenvalue weighted by atomic mass is 10.1. The van der Waals surface area contributed by atoms with Gasteiger partial charge in [-0.3, -0.25) is 0 Å². The average molecular weight is 278 g/mol. The van der Waals surface area contributed by atoms with E-state index < -0.39 is 0 Å². The number of hydrogen-bond donors (Lipinski definition) is 1. The van der Waals surface area contributed by atoms with Crippen LogP contribution in [0.4, 0.5) is 11.5 Å². The molecule has 0 spiro atoms. The van der Waals surface area contributed by atoms with Gasteiger partial charge in [0.05, 0.1) is 5.52 Å². The maximum atomic E-state index is 6.13. The number of anilines is 2. The molecule has 21 heavy (non-hydrogen) atoms. The van der Waals surface area contributed by atoms with Crippen LogP contribution in [-0.4, -0.2) is 24.1 Å². The molecule has 0 bridgehead atoms. The highest BCUT2D eigenvalue weighted by molar-refractivity contribution is 5.91. The summed E-state index contributed by atoms with van der Waals surface area (Å²) in [5.74, 6) is 1.56. The van der Waals surface area contributed by atoms with Gasteiger partial charge in [-0.15, -0.1) is 0 Å². The molecule has 0 saturated heterocycles. The normalized spacial score (nSPS) is 10.8.